The third-order valence-corrected chi connectivity index (χ3v) is 1.66. The highest BCUT2D eigenvalue weighted by atomic mass is 16.5. The van der Waals surface area contributed by atoms with Gasteiger partial charge in [0.2, 0.25) is 0 Å². The lowest BCUT2D eigenvalue weighted by Crippen LogP contribution is -2.23. The number of hydrogen-bond donors (Lipinski definition) is 1. The van der Waals surface area contributed by atoms with Crippen LogP contribution in [0.25, 0.3) is 10.4 Å². The summed E-state index contributed by atoms with van der Waals surface area (Å²) in [6.45, 7) is 6.20. The van der Waals surface area contributed by atoms with Crippen LogP contribution in [-0.4, -0.2) is 44.7 Å². The summed E-state index contributed by atoms with van der Waals surface area (Å²) in [4.78, 5) is 2.71. The molecule has 0 heterocycles. The molecule has 0 spiro atoms. The average Bonchev–Trinajstić information content (AvgIpc) is 2.20. The summed E-state index contributed by atoms with van der Waals surface area (Å²) in [5.74, 6) is 0. The largest absolute Gasteiger partial charge is 0.394 e. The number of aliphatic hydroxyl groups is 1. The van der Waals surface area contributed by atoms with Crippen molar-refractivity contribution in [1.29, 1.82) is 0 Å². The smallest absolute Gasteiger partial charge is 0.0701 e. The number of aliphatic hydroxyl groups excluding tert-OH is 1. The molecule has 15 heavy (non-hydrogen) atoms. The fourth-order valence-corrected chi connectivity index (χ4v) is 0.902. The number of nitrogens with zero attached hydrogens (tertiary/aromatic N) is 3. The fourth-order valence-electron chi connectivity index (χ4n) is 0.902. The van der Waals surface area contributed by atoms with Crippen molar-refractivity contribution in [3.8, 4) is 0 Å². The van der Waals surface area contributed by atoms with Crippen molar-refractivity contribution in [3.63, 3.8) is 0 Å². The van der Waals surface area contributed by atoms with E-state index >= 15 is 0 Å². The van der Waals surface area contributed by atoms with Crippen molar-refractivity contribution >= 4 is 0 Å². The first-order valence-corrected chi connectivity index (χ1v) is 4.89. The van der Waals surface area contributed by atoms with E-state index < -0.39 is 0 Å². The van der Waals surface area contributed by atoms with Crippen LogP contribution in [0.3, 0.4) is 0 Å². The Balaban J connectivity index is 3.44. The number of rotatable bonds is 9. The van der Waals surface area contributed by atoms with Crippen LogP contribution in [0.2, 0.25) is 0 Å². The highest BCUT2D eigenvalue weighted by Crippen LogP contribution is 2.15. The molecule has 0 aliphatic heterocycles. The van der Waals surface area contributed by atoms with Gasteiger partial charge in [0.1, 0.15) is 0 Å². The normalized spacial score (nSPS) is 11.1. The van der Waals surface area contributed by atoms with Crippen LogP contribution in [0.4, 0.5) is 0 Å². The lowest BCUT2D eigenvalue weighted by molar-refractivity contribution is 0.00877. The van der Waals surface area contributed by atoms with Gasteiger partial charge in [-0.1, -0.05) is 19.0 Å². The molecule has 0 unspecified atom stereocenters. The molecule has 6 heteroatoms. The minimum absolute atomic E-state index is 0.0301. The van der Waals surface area contributed by atoms with Gasteiger partial charge in [0.25, 0.3) is 0 Å². The second-order valence-electron chi connectivity index (χ2n) is 3.94. The van der Waals surface area contributed by atoms with Crippen molar-refractivity contribution in [2.45, 2.75) is 13.8 Å². The third-order valence-electron chi connectivity index (χ3n) is 1.66. The maximum absolute atomic E-state index is 8.44. The molecule has 0 atom stereocenters. The maximum atomic E-state index is 8.44. The molecule has 1 N–H and O–H groups in total. The Kier molecular flexibility index (Phi) is 8.04. The molecule has 0 aliphatic carbocycles. The predicted molar refractivity (Wildman–Crippen MR) is 56.5 cm³/mol. The van der Waals surface area contributed by atoms with Crippen molar-refractivity contribution in [1.82, 2.24) is 0 Å². The van der Waals surface area contributed by atoms with Gasteiger partial charge in [0.15, 0.2) is 0 Å². The van der Waals surface area contributed by atoms with Gasteiger partial charge in [-0.3, -0.25) is 0 Å². The Hall–Kier alpha value is -0.810. The first kappa shape index (κ1) is 14.2. The van der Waals surface area contributed by atoms with E-state index in [1.165, 1.54) is 0 Å². The standard InChI is InChI=1S/C9H19N3O3/c1-9(2,7-11-12-10)8-15-6-5-14-4-3-13/h13H,3-8H2,1-2H3. The van der Waals surface area contributed by atoms with Crippen LogP contribution in [0.15, 0.2) is 5.11 Å². The highest BCUT2D eigenvalue weighted by molar-refractivity contribution is 4.70. The zero-order valence-corrected chi connectivity index (χ0v) is 9.35. The van der Waals surface area contributed by atoms with E-state index in [9.17, 15) is 0 Å². The molecule has 88 valence electrons. The minimum Gasteiger partial charge on any atom is -0.394 e. The monoisotopic (exact) mass is 217 g/mol. The summed E-state index contributed by atoms with van der Waals surface area (Å²) in [5, 5.41) is 11.9. The lowest BCUT2D eigenvalue weighted by atomic mass is 9.95. The van der Waals surface area contributed by atoms with Crippen molar-refractivity contribution in [3.05, 3.63) is 10.4 Å². The van der Waals surface area contributed by atoms with E-state index in [1.807, 2.05) is 13.8 Å². The first-order chi connectivity index (χ1) is 7.12. The quantitative estimate of drug-likeness (QED) is 0.273. The number of azide groups is 1. The van der Waals surface area contributed by atoms with Crippen LogP contribution >= 0.6 is 0 Å². The summed E-state index contributed by atoms with van der Waals surface area (Å²) < 4.78 is 10.4. The lowest BCUT2D eigenvalue weighted by Gasteiger charge is -2.21. The van der Waals surface area contributed by atoms with E-state index in [-0.39, 0.29) is 12.0 Å². The molecule has 0 rings (SSSR count). The second-order valence-corrected chi connectivity index (χ2v) is 3.94. The number of ether oxygens (including phenoxy) is 2. The Bertz CT molecular complexity index is 203. The summed E-state index contributed by atoms with van der Waals surface area (Å²) in [6.07, 6.45) is 0. The van der Waals surface area contributed by atoms with Gasteiger partial charge in [0, 0.05) is 11.5 Å². The van der Waals surface area contributed by atoms with Crippen LogP contribution < -0.4 is 0 Å². The van der Waals surface area contributed by atoms with E-state index in [0.717, 1.165) is 0 Å². The van der Waals surface area contributed by atoms with E-state index in [4.69, 9.17) is 20.1 Å². The van der Waals surface area contributed by atoms with Crippen molar-refractivity contribution in [2.75, 3.05) is 39.6 Å². The molecular formula is C9H19N3O3. The minimum atomic E-state index is -0.150. The molecule has 0 aliphatic rings. The first-order valence-electron chi connectivity index (χ1n) is 4.89. The zero-order valence-electron chi connectivity index (χ0n) is 9.35. The maximum Gasteiger partial charge on any atom is 0.0701 e. The summed E-state index contributed by atoms with van der Waals surface area (Å²) in [5.41, 5.74) is 8.02. The van der Waals surface area contributed by atoms with E-state index in [1.54, 1.807) is 0 Å². The van der Waals surface area contributed by atoms with Gasteiger partial charge < -0.3 is 14.6 Å². The fraction of sp³-hybridized carbons (Fsp3) is 1.00. The molecule has 6 nitrogen and oxygen atoms in total. The SMILES string of the molecule is CC(C)(CN=[N+]=[N-])COCCOCCO. The van der Waals surface area contributed by atoms with Gasteiger partial charge >= 0.3 is 0 Å². The third kappa shape index (κ3) is 9.49. The Morgan fingerprint density at radius 2 is 1.93 bits per heavy atom. The molecule has 0 aromatic heterocycles. The zero-order chi connectivity index (χ0) is 11.6. The molecule has 0 saturated heterocycles. The summed E-state index contributed by atoms with van der Waals surface area (Å²) in [7, 11) is 0. The Morgan fingerprint density at radius 3 is 2.53 bits per heavy atom. The van der Waals surface area contributed by atoms with Crippen LogP contribution in [0.1, 0.15) is 13.8 Å². The molecule has 0 fully saturated rings. The summed E-state index contributed by atoms with van der Waals surface area (Å²) >= 11 is 0. The van der Waals surface area contributed by atoms with Gasteiger partial charge in [-0.2, -0.15) is 0 Å². The second kappa shape index (κ2) is 8.49. The van der Waals surface area contributed by atoms with E-state index in [2.05, 4.69) is 10.0 Å². The summed E-state index contributed by atoms with van der Waals surface area (Å²) in [6, 6.07) is 0. The molecule has 0 amide bonds. The topological polar surface area (TPSA) is 87.5 Å². The van der Waals surface area contributed by atoms with Gasteiger partial charge in [0.05, 0.1) is 33.0 Å². The van der Waals surface area contributed by atoms with E-state index in [0.29, 0.717) is 33.0 Å². The van der Waals surface area contributed by atoms with Gasteiger partial charge in [-0.15, -0.1) is 0 Å². The van der Waals surface area contributed by atoms with Crippen molar-refractivity contribution in [2.24, 2.45) is 10.5 Å². The molecule has 0 bridgehead atoms. The average molecular weight is 217 g/mol. The predicted octanol–water partition coefficient (Wildman–Crippen LogP) is 1.35. The highest BCUT2D eigenvalue weighted by Gasteiger charge is 2.16. The molecule has 0 saturated carbocycles. The van der Waals surface area contributed by atoms with Crippen molar-refractivity contribution < 1.29 is 14.6 Å². The molecule has 0 aromatic rings. The Labute approximate surface area is 89.8 Å². The Morgan fingerprint density at radius 1 is 1.27 bits per heavy atom. The van der Waals surface area contributed by atoms with Crippen LogP contribution in [0, 0.1) is 5.41 Å². The molecule has 0 aromatic carbocycles. The molecule has 0 radical (unpaired) electrons. The van der Waals surface area contributed by atoms with Gasteiger partial charge in [-0.25, -0.2) is 0 Å². The molecular weight excluding hydrogens is 198 g/mol. The van der Waals surface area contributed by atoms with Gasteiger partial charge in [-0.05, 0) is 10.9 Å². The number of hydrogen-bond acceptors (Lipinski definition) is 4. The van der Waals surface area contributed by atoms with Crippen LogP contribution in [-0.2, 0) is 9.47 Å². The van der Waals surface area contributed by atoms with Crippen LogP contribution in [0.5, 0.6) is 0 Å².